The lowest BCUT2D eigenvalue weighted by molar-refractivity contribution is -0.114. The SMILES string of the molecule is C=C/N=C(/C)c1nc2c(cc1C)OC[C@@H]1CN2CCCC1CCC(=O)C#CC. The largest absolute Gasteiger partial charge is 0.489 e. The van der Waals surface area contributed by atoms with Crippen molar-refractivity contribution in [3.8, 4) is 17.6 Å². The first-order valence-corrected chi connectivity index (χ1v) is 10.0. The summed E-state index contributed by atoms with van der Waals surface area (Å²) in [5.74, 6) is 8.04. The summed E-state index contributed by atoms with van der Waals surface area (Å²) in [7, 11) is 0. The predicted octanol–water partition coefficient (Wildman–Crippen LogP) is 3.94. The fourth-order valence-electron chi connectivity index (χ4n) is 4.26. The summed E-state index contributed by atoms with van der Waals surface area (Å²) < 4.78 is 6.20. The van der Waals surface area contributed by atoms with E-state index in [0.717, 1.165) is 60.9 Å². The second-order valence-corrected chi connectivity index (χ2v) is 7.63. The Morgan fingerprint density at radius 2 is 2.36 bits per heavy atom. The number of carbonyl (C=O) groups is 1. The number of rotatable bonds is 5. The van der Waals surface area contributed by atoms with Gasteiger partial charge in [-0.05, 0) is 63.5 Å². The summed E-state index contributed by atoms with van der Waals surface area (Å²) in [6.45, 7) is 11.9. The summed E-state index contributed by atoms with van der Waals surface area (Å²) in [5, 5.41) is 0. The highest BCUT2D eigenvalue weighted by Crippen LogP contribution is 2.38. The van der Waals surface area contributed by atoms with Crippen LogP contribution in [0.2, 0.25) is 0 Å². The van der Waals surface area contributed by atoms with Gasteiger partial charge < -0.3 is 9.64 Å². The minimum atomic E-state index is 0.0420. The molecule has 148 valence electrons. The highest BCUT2D eigenvalue weighted by Gasteiger charge is 2.33. The Hall–Kier alpha value is -2.61. The number of carbonyl (C=O) groups excluding carboxylic acids is 1. The average Bonchev–Trinajstić information content (AvgIpc) is 2.97. The summed E-state index contributed by atoms with van der Waals surface area (Å²) in [6.07, 6.45) is 5.18. The summed E-state index contributed by atoms with van der Waals surface area (Å²) >= 11 is 0. The maximum atomic E-state index is 11.8. The molecule has 2 aliphatic heterocycles. The van der Waals surface area contributed by atoms with Gasteiger partial charge in [-0.15, -0.1) is 0 Å². The average molecular weight is 380 g/mol. The molecule has 2 atom stereocenters. The van der Waals surface area contributed by atoms with Crippen LogP contribution < -0.4 is 9.64 Å². The van der Waals surface area contributed by atoms with Crippen molar-refractivity contribution >= 4 is 17.3 Å². The van der Waals surface area contributed by atoms with Gasteiger partial charge in [0.1, 0.15) is 0 Å². The quantitative estimate of drug-likeness (QED) is 0.442. The number of fused-ring (bicyclic) bond motifs is 4. The Balaban J connectivity index is 1.83. The number of hydrogen-bond donors (Lipinski definition) is 0. The van der Waals surface area contributed by atoms with Gasteiger partial charge in [0, 0.05) is 31.6 Å². The normalized spacial score (nSPS) is 21.4. The van der Waals surface area contributed by atoms with Crippen LogP contribution in [0.5, 0.6) is 5.75 Å². The number of Topliss-reactive ketones (excluding diaryl/α,β-unsaturated/α-hetero) is 1. The highest BCUT2D eigenvalue weighted by molar-refractivity contribution is 5.99. The molecule has 0 aliphatic carbocycles. The maximum Gasteiger partial charge on any atom is 0.205 e. The third kappa shape index (κ3) is 4.44. The standard InChI is InChI=1S/C23H29N3O2/c1-5-8-20(27)11-10-18-9-7-12-26-14-19(18)15-28-21-13-16(3)22(25-23(21)26)17(4)24-6-2/h6,13,18-19H,2,7,9-12,14-15H2,1,3-4H3/b24-17-/t18?,19-/m0/s1. The van der Waals surface area contributed by atoms with Gasteiger partial charge in [0.15, 0.2) is 11.6 Å². The summed E-state index contributed by atoms with van der Waals surface area (Å²) in [6, 6.07) is 2.08. The van der Waals surface area contributed by atoms with E-state index >= 15 is 0 Å². The van der Waals surface area contributed by atoms with Gasteiger partial charge in [-0.3, -0.25) is 9.79 Å². The fourth-order valence-corrected chi connectivity index (χ4v) is 4.26. The topological polar surface area (TPSA) is 54.8 Å². The first-order valence-electron chi connectivity index (χ1n) is 10.0. The second-order valence-electron chi connectivity index (χ2n) is 7.63. The number of anilines is 1. The number of aromatic nitrogens is 1. The van der Waals surface area contributed by atoms with Gasteiger partial charge in [-0.25, -0.2) is 4.98 Å². The fraction of sp³-hybridized carbons (Fsp3) is 0.522. The number of hydrogen-bond acceptors (Lipinski definition) is 5. The van der Waals surface area contributed by atoms with Crippen molar-refractivity contribution in [3.63, 3.8) is 0 Å². The van der Waals surface area contributed by atoms with Crippen molar-refractivity contribution in [1.29, 1.82) is 0 Å². The number of ether oxygens (including phenoxy) is 1. The molecule has 0 aromatic carbocycles. The van der Waals surface area contributed by atoms with Crippen molar-refractivity contribution in [2.75, 3.05) is 24.6 Å². The molecular formula is C23H29N3O2. The van der Waals surface area contributed by atoms with Crippen LogP contribution in [0.4, 0.5) is 5.82 Å². The zero-order valence-corrected chi connectivity index (χ0v) is 17.1. The first kappa shape index (κ1) is 20.1. The Morgan fingerprint density at radius 3 is 3.11 bits per heavy atom. The van der Waals surface area contributed by atoms with E-state index in [4.69, 9.17) is 9.72 Å². The zero-order valence-electron chi connectivity index (χ0n) is 17.1. The number of pyridine rings is 1. The molecule has 5 nitrogen and oxygen atoms in total. The smallest absolute Gasteiger partial charge is 0.205 e. The van der Waals surface area contributed by atoms with Gasteiger partial charge in [-0.2, -0.15) is 0 Å². The maximum absolute atomic E-state index is 11.8. The molecule has 2 aliphatic rings. The molecule has 3 heterocycles. The van der Waals surface area contributed by atoms with Crippen LogP contribution in [0, 0.1) is 30.6 Å². The lowest BCUT2D eigenvalue weighted by atomic mass is 9.85. The Kier molecular flexibility index (Phi) is 6.51. The van der Waals surface area contributed by atoms with E-state index in [9.17, 15) is 4.79 Å². The molecule has 1 aromatic heterocycles. The van der Waals surface area contributed by atoms with Gasteiger partial charge in [-0.1, -0.05) is 12.5 Å². The van der Waals surface area contributed by atoms with E-state index in [-0.39, 0.29) is 5.78 Å². The molecule has 0 amide bonds. The van der Waals surface area contributed by atoms with Crippen molar-refractivity contribution in [3.05, 3.63) is 30.1 Å². The molecule has 1 fully saturated rings. The predicted molar refractivity (Wildman–Crippen MR) is 113 cm³/mol. The first-order chi connectivity index (χ1) is 13.5. The van der Waals surface area contributed by atoms with Crippen molar-refractivity contribution in [1.82, 2.24) is 4.98 Å². The molecule has 1 saturated heterocycles. The molecule has 28 heavy (non-hydrogen) atoms. The molecular weight excluding hydrogens is 350 g/mol. The molecule has 0 radical (unpaired) electrons. The molecule has 2 bridgehead atoms. The van der Waals surface area contributed by atoms with E-state index in [0.29, 0.717) is 24.9 Å². The molecule has 5 heteroatoms. The number of nitrogens with zero attached hydrogens (tertiary/aromatic N) is 3. The van der Waals surface area contributed by atoms with Crippen LogP contribution in [-0.4, -0.2) is 36.2 Å². The Bertz CT molecular complexity index is 847. The second kappa shape index (κ2) is 9.05. The molecule has 0 saturated carbocycles. The zero-order chi connectivity index (χ0) is 20.1. The molecule has 1 aromatic rings. The summed E-state index contributed by atoms with van der Waals surface area (Å²) in [5.41, 5.74) is 2.81. The highest BCUT2D eigenvalue weighted by atomic mass is 16.5. The van der Waals surface area contributed by atoms with Gasteiger partial charge >= 0.3 is 0 Å². The molecule has 3 rings (SSSR count). The lowest BCUT2D eigenvalue weighted by Gasteiger charge is -2.25. The van der Waals surface area contributed by atoms with Gasteiger partial charge in [0.05, 0.1) is 18.0 Å². The van der Waals surface area contributed by atoms with Crippen molar-refractivity contribution in [2.45, 2.75) is 46.5 Å². The van der Waals surface area contributed by atoms with E-state index in [1.165, 1.54) is 0 Å². The van der Waals surface area contributed by atoms with Gasteiger partial charge in [0.25, 0.3) is 0 Å². The van der Waals surface area contributed by atoms with E-state index in [1.807, 2.05) is 13.8 Å². The van der Waals surface area contributed by atoms with Crippen LogP contribution in [0.1, 0.15) is 50.8 Å². The van der Waals surface area contributed by atoms with Crippen LogP contribution >= 0.6 is 0 Å². The monoisotopic (exact) mass is 379 g/mol. The third-order valence-corrected chi connectivity index (χ3v) is 5.67. The lowest BCUT2D eigenvalue weighted by Crippen LogP contribution is -2.31. The van der Waals surface area contributed by atoms with E-state index in [2.05, 4.69) is 34.4 Å². The Labute approximate surface area is 167 Å². The van der Waals surface area contributed by atoms with E-state index in [1.54, 1.807) is 13.1 Å². The van der Waals surface area contributed by atoms with Crippen molar-refractivity contribution < 1.29 is 9.53 Å². The number of aryl methyl sites for hydroxylation is 1. The van der Waals surface area contributed by atoms with Crippen LogP contribution in [0.25, 0.3) is 0 Å². The number of ketones is 1. The van der Waals surface area contributed by atoms with Crippen LogP contribution in [0.3, 0.4) is 0 Å². The molecule has 0 spiro atoms. The van der Waals surface area contributed by atoms with Crippen molar-refractivity contribution in [2.24, 2.45) is 16.8 Å². The molecule has 1 unspecified atom stereocenters. The minimum Gasteiger partial charge on any atom is -0.489 e. The number of aliphatic imine (C=N–C) groups is 1. The Morgan fingerprint density at radius 1 is 1.54 bits per heavy atom. The van der Waals surface area contributed by atoms with Crippen LogP contribution in [-0.2, 0) is 4.79 Å². The molecule has 0 N–H and O–H groups in total. The minimum absolute atomic E-state index is 0.0420. The van der Waals surface area contributed by atoms with Gasteiger partial charge in [0.2, 0.25) is 5.78 Å². The van der Waals surface area contributed by atoms with E-state index < -0.39 is 0 Å². The van der Waals surface area contributed by atoms with Crippen LogP contribution in [0.15, 0.2) is 23.8 Å². The summed E-state index contributed by atoms with van der Waals surface area (Å²) in [4.78, 5) is 23.4. The third-order valence-electron chi connectivity index (χ3n) is 5.67.